The normalized spacial score (nSPS) is 14.9. The lowest BCUT2D eigenvalue weighted by atomic mass is 10.2. The van der Waals surface area contributed by atoms with Crippen molar-refractivity contribution in [1.29, 1.82) is 0 Å². The third-order valence-electron chi connectivity index (χ3n) is 5.08. The number of aromatic amines is 1. The second-order valence-electron chi connectivity index (χ2n) is 6.95. The number of carbonyl (C=O) groups is 2. The number of rotatable bonds is 2. The molecular weight excluding hydrogens is 461 g/mol. The van der Waals surface area contributed by atoms with E-state index in [4.69, 9.17) is 11.6 Å². The van der Waals surface area contributed by atoms with Gasteiger partial charge in [0.15, 0.2) is 0 Å². The van der Waals surface area contributed by atoms with Crippen LogP contribution >= 0.6 is 27.5 Å². The number of H-pyrrole nitrogens is 1. The van der Waals surface area contributed by atoms with E-state index in [-0.39, 0.29) is 17.6 Å². The van der Waals surface area contributed by atoms with E-state index in [1.54, 1.807) is 21.9 Å². The molecule has 0 atom stereocenters. The summed E-state index contributed by atoms with van der Waals surface area (Å²) in [7, 11) is 0. The van der Waals surface area contributed by atoms with Gasteiger partial charge in [0.1, 0.15) is 11.5 Å². The van der Waals surface area contributed by atoms with Gasteiger partial charge in [0.2, 0.25) is 0 Å². The molecule has 1 N–H and O–H groups in total. The van der Waals surface area contributed by atoms with Crippen molar-refractivity contribution < 1.29 is 14.0 Å². The number of amides is 2. The molecule has 4 rings (SSSR count). The number of fused-ring (bicyclic) bond motifs is 1. The molecule has 5 nitrogen and oxygen atoms in total. The summed E-state index contributed by atoms with van der Waals surface area (Å²) in [6.45, 7) is 1.95. The SMILES string of the molecule is O=C(c1ccc(F)cc1)N1CCCN(C(=O)c2cc3c(Br)ccc(Cl)c3[nH]2)CC1. The maximum Gasteiger partial charge on any atom is 0.270 e. The first-order valence-corrected chi connectivity index (χ1v) is 10.4. The van der Waals surface area contributed by atoms with Crippen molar-refractivity contribution in [1.82, 2.24) is 14.8 Å². The molecule has 0 unspecified atom stereocenters. The lowest BCUT2D eigenvalue weighted by molar-refractivity contribution is 0.0716. The molecule has 0 radical (unpaired) electrons. The number of nitrogens with zero attached hydrogens (tertiary/aromatic N) is 2. The van der Waals surface area contributed by atoms with E-state index in [1.165, 1.54) is 24.3 Å². The molecule has 0 saturated carbocycles. The molecule has 8 heteroatoms. The van der Waals surface area contributed by atoms with Crippen LogP contribution in [0.15, 0.2) is 46.9 Å². The monoisotopic (exact) mass is 477 g/mol. The van der Waals surface area contributed by atoms with E-state index in [0.29, 0.717) is 54.4 Å². The lowest BCUT2D eigenvalue weighted by Crippen LogP contribution is -2.37. The van der Waals surface area contributed by atoms with Crippen LogP contribution in [0.1, 0.15) is 27.3 Å². The first-order valence-electron chi connectivity index (χ1n) is 9.25. The molecule has 29 heavy (non-hydrogen) atoms. The Hall–Kier alpha value is -2.38. The molecular formula is C21H18BrClFN3O2. The van der Waals surface area contributed by atoms with Crippen molar-refractivity contribution in [2.45, 2.75) is 6.42 Å². The van der Waals surface area contributed by atoms with E-state index < -0.39 is 0 Å². The first-order chi connectivity index (χ1) is 13.9. The zero-order valence-electron chi connectivity index (χ0n) is 15.4. The van der Waals surface area contributed by atoms with E-state index >= 15 is 0 Å². The lowest BCUT2D eigenvalue weighted by Gasteiger charge is -2.22. The number of hydrogen-bond donors (Lipinski definition) is 1. The van der Waals surface area contributed by atoms with E-state index in [9.17, 15) is 14.0 Å². The Labute approximate surface area is 180 Å². The van der Waals surface area contributed by atoms with Crippen LogP contribution in [0, 0.1) is 5.82 Å². The molecule has 150 valence electrons. The minimum Gasteiger partial charge on any atom is -0.349 e. The van der Waals surface area contributed by atoms with Crippen LogP contribution in [0.2, 0.25) is 5.02 Å². The number of carbonyl (C=O) groups excluding carboxylic acids is 2. The molecule has 2 aromatic carbocycles. The van der Waals surface area contributed by atoms with Gasteiger partial charge in [0, 0.05) is 41.6 Å². The maximum atomic E-state index is 13.1. The van der Waals surface area contributed by atoms with Crippen LogP contribution < -0.4 is 0 Å². The highest BCUT2D eigenvalue weighted by Gasteiger charge is 2.25. The fourth-order valence-corrected chi connectivity index (χ4v) is 4.19. The van der Waals surface area contributed by atoms with Gasteiger partial charge in [-0.2, -0.15) is 0 Å². The van der Waals surface area contributed by atoms with Gasteiger partial charge < -0.3 is 14.8 Å². The number of nitrogens with one attached hydrogen (secondary N) is 1. The average molecular weight is 479 g/mol. The van der Waals surface area contributed by atoms with Crippen LogP contribution in [-0.4, -0.2) is 52.8 Å². The van der Waals surface area contributed by atoms with Crippen molar-refractivity contribution in [2.24, 2.45) is 0 Å². The summed E-state index contributed by atoms with van der Waals surface area (Å²) in [6.07, 6.45) is 0.670. The Bertz CT molecular complexity index is 1040. The summed E-state index contributed by atoms with van der Waals surface area (Å²) in [5, 5.41) is 1.40. The fourth-order valence-electron chi connectivity index (χ4n) is 3.53. The molecule has 1 aromatic heterocycles. The van der Waals surface area contributed by atoms with Gasteiger partial charge in [-0.05, 0) is 48.9 Å². The largest absolute Gasteiger partial charge is 0.349 e. The number of hydrogen-bond acceptors (Lipinski definition) is 2. The number of halogens is 3. The summed E-state index contributed by atoms with van der Waals surface area (Å²) in [6, 6.07) is 10.9. The number of aromatic nitrogens is 1. The minimum atomic E-state index is -0.376. The smallest absolute Gasteiger partial charge is 0.270 e. The van der Waals surface area contributed by atoms with Gasteiger partial charge in [-0.3, -0.25) is 9.59 Å². The van der Waals surface area contributed by atoms with Crippen molar-refractivity contribution in [3.05, 3.63) is 69.0 Å². The molecule has 1 aliphatic heterocycles. The molecule has 2 amide bonds. The maximum absolute atomic E-state index is 13.1. The molecule has 0 spiro atoms. The highest BCUT2D eigenvalue weighted by Crippen LogP contribution is 2.30. The average Bonchev–Trinajstić information content (AvgIpc) is 3.04. The van der Waals surface area contributed by atoms with Gasteiger partial charge in [-0.15, -0.1) is 0 Å². The quantitative estimate of drug-likeness (QED) is 0.580. The minimum absolute atomic E-state index is 0.125. The third-order valence-corrected chi connectivity index (χ3v) is 6.09. The second-order valence-corrected chi connectivity index (χ2v) is 8.21. The van der Waals surface area contributed by atoms with Crippen LogP contribution in [0.3, 0.4) is 0 Å². The predicted octanol–water partition coefficient (Wildman–Crippen LogP) is 4.71. The topological polar surface area (TPSA) is 56.4 Å². The molecule has 0 bridgehead atoms. The van der Waals surface area contributed by atoms with Crippen molar-refractivity contribution in [2.75, 3.05) is 26.2 Å². The van der Waals surface area contributed by atoms with E-state index in [1.807, 2.05) is 6.07 Å². The molecule has 1 aliphatic rings. The van der Waals surface area contributed by atoms with Crippen molar-refractivity contribution in [3.63, 3.8) is 0 Å². The second kappa shape index (κ2) is 8.16. The summed E-state index contributed by atoms with van der Waals surface area (Å²) < 4.78 is 14.0. The van der Waals surface area contributed by atoms with E-state index in [2.05, 4.69) is 20.9 Å². The van der Waals surface area contributed by atoms with Gasteiger partial charge in [-0.25, -0.2) is 4.39 Å². The van der Waals surface area contributed by atoms with Gasteiger partial charge in [-0.1, -0.05) is 27.5 Å². The summed E-state index contributed by atoms with van der Waals surface area (Å²) >= 11 is 9.72. The highest BCUT2D eigenvalue weighted by atomic mass is 79.9. The molecule has 1 saturated heterocycles. The Balaban J connectivity index is 1.49. The van der Waals surface area contributed by atoms with Gasteiger partial charge in [0.05, 0.1) is 10.5 Å². The Morgan fingerprint density at radius 1 is 0.966 bits per heavy atom. The van der Waals surface area contributed by atoms with Crippen LogP contribution in [0.4, 0.5) is 4.39 Å². The Morgan fingerprint density at radius 2 is 1.62 bits per heavy atom. The van der Waals surface area contributed by atoms with Crippen LogP contribution in [-0.2, 0) is 0 Å². The summed E-state index contributed by atoms with van der Waals surface area (Å²) in [4.78, 5) is 32.3. The molecule has 2 heterocycles. The van der Waals surface area contributed by atoms with E-state index in [0.717, 1.165) is 9.86 Å². The first kappa shape index (κ1) is 19.9. The van der Waals surface area contributed by atoms with Crippen LogP contribution in [0.25, 0.3) is 10.9 Å². The fraction of sp³-hybridized carbons (Fsp3) is 0.238. The predicted molar refractivity (Wildman–Crippen MR) is 114 cm³/mol. The molecule has 0 aliphatic carbocycles. The highest BCUT2D eigenvalue weighted by molar-refractivity contribution is 9.10. The Morgan fingerprint density at radius 3 is 2.28 bits per heavy atom. The Kier molecular flexibility index (Phi) is 5.61. The summed E-state index contributed by atoms with van der Waals surface area (Å²) in [5.74, 6) is -0.653. The van der Waals surface area contributed by atoms with Crippen LogP contribution in [0.5, 0.6) is 0 Å². The summed E-state index contributed by atoms with van der Waals surface area (Å²) in [5.41, 5.74) is 1.63. The van der Waals surface area contributed by atoms with Crippen molar-refractivity contribution in [3.8, 4) is 0 Å². The zero-order valence-corrected chi connectivity index (χ0v) is 17.8. The molecule has 1 fully saturated rings. The van der Waals surface area contributed by atoms with Gasteiger partial charge >= 0.3 is 0 Å². The zero-order chi connectivity index (χ0) is 20.5. The standard InChI is InChI=1S/C21H18BrClFN3O2/c22-16-6-7-17(23)19-15(16)12-18(25-19)21(29)27-9-1-8-26(10-11-27)20(28)13-2-4-14(24)5-3-13/h2-7,12,25H,1,8-11H2. The third kappa shape index (κ3) is 4.02. The van der Waals surface area contributed by atoms with Gasteiger partial charge in [0.25, 0.3) is 11.8 Å². The van der Waals surface area contributed by atoms with Crippen molar-refractivity contribution >= 4 is 50.2 Å². The molecule has 3 aromatic rings. The number of benzene rings is 2.